The monoisotopic (exact) mass is 278 g/mol. The molecule has 0 spiro atoms. The summed E-state index contributed by atoms with van der Waals surface area (Å²) in [5.74, 6) is -2.84. The maximum Gasteiger partial charge on any atom is 0.336 e. The summed E-state index contributed by atoms with van der Waals surface area (Å²) < 4.78 is 0. The molecular weight excluding hydrogens is 264 g/mol. The highest BCUT2D eigenvalue weighted by atomic mass is 16.4. The van der Waals surface area contributed by atoms with E-state index in [0.717, 1.165) is 18.2 Å². The lowest BCUT2D eigenvalue weighted by molar-refractivity contribution is 0.0682. The Bertz CT molecular complexity index is 575. The van der Waals surface area contributed by atoms with Gasteiger partial charge in [-0.25, -0.2) is 9.59 Å². The molecule has 6 nitrogen and oxygen atoms in total. The molecule has 6 heteroatoms. The van der Waals surface area contributed by atoms with Crippen LogP contribution in [0.4, 0.5) is 0 Å². The molecule has 0 saturated heterocycles. The number of hydrogen-bond acceptors (Lipinski definition) is 4. The van der Waals surface area contributed by atoms with Gasteiger partial charge in [0.1, 0.15) is 0 Å². The van der Waals surface area contributed by atoms with Gasteiger partial charge in [-0.2, -0.15) is 0 Å². The highest BCUT2D eigenvalue weighted by Gasteiger charge is 2.27. The van der Waals surface area contributed by atoms with Gasteiger partial charge < -0.3 is 20.4 Å². The Morgan fingerprint density at radius 2 is 1.55 bits per heavy atom. The standard InChI is InChI=1S/C14H14O6/c1-3-9(15)7-5-6-8(13(17)18)11(10(16)4-2)12(7)14(19)20/h3-6,9-10,15-16H,1-2H2,(H,17,18)(H,19,20). The van der Waals surface area contributed by atoms with Crippen molar-refractivity contribution in [1.82, 2.24) is 0 Å². The van der Waals surface area contributed by atoms with Crippen LogP contribution in [0.15, 0.2) is 37.4 Å². The lowest BCUT2D eigenvalue weighted by Gasteiger charge is -2.18. The van der Waals surface area contributed by atoms with Gasteiger partial charge in [0.25, 0.3) is 0 Å². The van der Waals surface area contributed by atoms with E-state index in [1.54, 1.807) is 0 Å². The molecule has 20 heavy (non-hydrogen) atoms. The summed E-state index contributed by atoms with van der Waals surface area (Å²) >= 11 is 0. The Hall–Kier alpha value is -2.44. The van der Waals surface area contributed by atoms with Crippen LogP contribution < -0.4 is 0 Å². The minimum absolute atomic E-state index is 0.0478. The third-order valence-corrected chi connectivity index (χ3v) is 2.78. The number of rotatable bonds is 6. The van der Waals surface area contributed by atoms with Crippen molar-refractivity contribution in [2.24, 2.45) is 0 Å². The SMILES string of the molecule is C=CC(O)c1ccc(C(=O)O)c(C(O)C=C)c1C(=O)O. The zero-order chi connectivity index (χ0) is 15.4. The molecule has 0 aliphatic carbocycles. The molecule has 0 fully saturated rings. The zero-order valence-electron chi connectivity index (χ0n) is 10.5. The Morgan fingerprint density at radius 1 is 1.00 bits per heavy atom. The van der Waals surface area contributed by atoms with E-state index in [1.165, 1.54) is 6.07 Å². The molecule has 0 radical (unpaired) electrons. The van der Waals surface area contributed by atoms with E-state index in [2.05, 4.69) is 13.2 Å². The lowest BCUT2D eigenvalue weighted by Crippen LogP contribution is -2.16. The first-order valence-electron chi connectivity index (χ1n) is 5.59. The van der Waals surface area contributed by atoms with Gasteiger partial charge in [0.2, 0.25) is 0 Å². The van der Waals surface area contributed by atoms with Crippen LogP contribution in [0, 0.1) is 0 Å². The van der Waals surface area contributed by atoms with Gasteiger partial charge in [0.05, 0.1) is 23.3 Å². The van der Waals surface area contributed by atoms with Crippen molar-refractivity contribution in [2.45, 2.75) is 12.2 Å². The highest BCUT2D eigenvalue weighted by Crippen LogP contribution is 2.30. The Balaban J connectivity index is 3.78. The van der Waals surface area contributed by atoms with Crippen molar-refractivity contribution < 1.29 is 30.0 Å². The number of benzene rings is 1. The van der Waals surface area contributed by atoms with Gasteiger partial charge >= 0.3 is 11.9 Å². The van der Waals surface area contributed by atoms with E-state index < -0.39 is 29.7 Å². The van der Waals surface area contributed by atoms with Crippen LogP contribution in [0.25, 0.3) is 0 Å². The smallest absolute Gasteiger partial charge is 0.336 e. The molecule has 0 aromatic heterocycles. The summed E-state index contributed by atoms with van der Waals surface area (Å²) in [5, 5.41) is 37.9. The number of carboxylic acids is 2. The second-order valence-corrected chi connectivity index (χ2v) is 3.96. The largest absolute Gasteiger partial charge is 0.478 e. The third-order valence-electron chi connectivity index (χ3n) is 2.78. The summed E-state index contributed by atoms with van der Waals surface area (Å²) in [6.07, 6.45) is -0.659. The van der Waals surface area contributed by atoms with E-state index in [-0.39, 0.29) is 16.7 Å². The van der Waals surface area contributed by atoms with Crippen LogP contribution in [0.5, 0.6) is 0 Å². The van der Waals surface area contributed by atoms with Gasteiger partial charge in [0.15, 0.2) is 0 Å². The van der Waals surface area contributed by atoms with Crippen molar-refractivity contribution in [3.63, 3.8) is 0 Å². The second kappa shape index (κ2) is 6.14. The van der Waals surface area contributed by atoms with Gasteiger partial charge in [-0.1, -0.05) is 18.2 Å². The van der Waals surface area contributed by atoms with Crippen LogP contribution in [0.2, 0.25) is 0 Å². The normalized spacial score (nSPS) is 13.3. The fourth-order valence-corrected chi connectivity index (χ4v) is 1.86. The van der Waals surface area contributed by atoms with Crippen molar-refractivity contribution in [3.05, 3.63) is 59.7 Å². The van der Waals surface area contributed by atoms with Gasteiger partial charge in [-0.15, -0.1) is 13.2 Å². The first-order chi connectivity index (χ1) is 9.34. The molecule has 1 aromatic rings. The van der Waals surface area contributed by atoms with Crippen molar-refractivity contribution in [2.75, 3.05) is 0 Å². The molecule has 0 heterocycles. The van der Waals surface area contributed by atoms with Crippen LogP contribution >= 0.6 is 0 Å². The molecule has 1 aromatic carbocycles. The molecule has 0 saturated carbocycles. The summed E-state index contributed by atoms with van der Waals surface area (Å²) in [6.45, 7) is 6.66. The number of aliphatic hydroxyl groups excluding tert-OH is 2. The van der Waals surface area contributed by atoms with Crippen molar-refractivity contribution in [1.29, 1.82) is 0 Å². The molecule has 1 rings (SSSR count). The fourth-order valence-electron chi connectivity index (χ4n) is 1.86. The molecule has 2 atom stereocenters. The average molecular weight is 278 g/mol. The van der Waals surface area contributed by atoms with Crippen LogP contribution in [0.1, 0.15) is 44.1 Å². The molecule has 0 amide bonds. The summed E-state index contributed by atoms with van der Waals surface area (Å²) in [4.78, 5) is 22.5. The molecule has 0 aliphatic heterocycles. The predicted octanol–water partition coefficient (Wildman–Crippen LogP) is 1.52. The number of aromatic carboxylic acids is 2. The molecule has 0 aliphatic rings. The lowest BCUT2D eigenvalue weighted by atomic mass is 9.90. The maximum atomic E-state index is 11.4. The average Bonchev–Trinajstić information content (AvgIpc) is 2.43. The number of hydrogen-bond donors (Lipinski definition) is 4. The highest BCUT2D eigenvalue weighted by molar-refractivity contribution is 5.98. The zero-order valence-corrected chi connectivity index (χ0v) is 10.5. The minimum atomic E-state index is -1.48. The van der Waals surface area contributed by atoms with Gasteiger partial charge in [-0.3, -0.25) is 0 Å². The number of carboxylic acid groups (broad SMARTS) is 2. The van der Waals surface area contributed by atoms with Gasteiger partial charge in [-0.05, 0) is 11.6 Å². The number of carbonyl (C=O) groups is 2. The summed E-state index contributed by atoms with van der Waals surface area (Å²) in [6, 6.07) is 2.30. The minimum Gasteiger partial charge on any atom is -0.478 e. The first-order valence-corrected chi connectivity index (χ1v) is 5.59. The van der Waals surface area contributed by atoms with E-state index in [9.17, 15) is 24.9 Å². The van der Waals surface area contributed by atoms with Gasteiger partial charge in [0, 0.05) is 5.56 Å². The Morgan fingerprint density at radius 3 is 1.95 bits per heavy atom. The van der Waals surface area contributed by atoms with Crippen molar-refractivity contribution in [3.8, 4) is 0 Å². The second-order valence-electron chi connectivity index (χ2n) is 3.96. The molecule has 2 unspecified atom stereocenters. The third kappa shape index (κ3) is 2.76. The molecule has 0 bridgehead atoms. The van der Waals surface area contributed by atoms with E-state index in [0.29, 0.717) is 0 Å². The predicted molar refractivity (Wildman–Crippen MR) is 70.7 cm³/mol. The Labute approximate surface area is 114 Å². The van der Waals surface area contributed by atoms with Crippen molar-refractivity contribution >= 4 is 11.9 Å². The summed E-state index contributed by atoms with van der Waals surface area (Å²) in [7, 11) is 0. The molecule has 4 N–H and O–H groups in total. The van der Waals surface area contributed by atoms with E-state index in [4.69, 9.17) is 5.11 Å². The topological polar surface area (TPSA) is 115 Å². The molecular formula is C14H14O6. The quantitative estimate of drug-likeness (QED) is 0.586. The maximum absolute atomic E-state index is 11.4. The fraction of sp³-hybridized carbons (Fsp3) is 0.143. The van der Waals surface area contributed by atoms with E-state index in [1.807, 2.05) is 0 Å². The first kappa shape index (κ1) is 15.6. The van der Waals surface area contributed by atoms with Crippen LogP contribution in [-0.2, 0) is 0 Å². The molecule has 106 valence electrons. The number of aliphatic hydroxyl groups is 2. The van der Waals surface area contributed by atoms with Crippen LogP contribution in [0.3, 0.4) is 0 Å². The van der Waals surface area contributed by atoms with Crippen LogP contribution in [-0.4, -0.2) is 32.4 Å². The van der Waals surface area contributed by atoms with E-state index >= 15 is 0 Å². The Kier molecular flexibility index (Phi) is 4.79. The summed E-state index contributed by atoms with van der Waals surface area (Å²) in [5.41, 5.74) is -1.20.